The molecule has 1 aliphatic rings. The van der Waals surface area contributed by atoms with Gasteiger partial charge in [0.05, 0.1) is 23.6 Å². The number of nitrogens with zero attached hydrogens (tertiary/aromatic N) is 4. The van der Waals surface area contributed by atoms with Gasteiger partial charge in [0.15, 0.2) is 0 Å². The number of hydrogen-bond donors (Lipinski definition) is 0. The molecular weight excluding hydrogens is 216 g/mol. The minimum absolute atomic E-state index is 0.308. The molecule has 17 heavy (non-hydrogen) atoms. The minimum atomic E-state index is -0.308. The molecule has 1 saturated carbocycles. The molecule has 1 aromatic heterocycles. The van der Waals surface area contributed by atoms with Gasteiger partial charge in [-0.2, -0.15) is 20.0 Å². The molecule has 5 heteroatoms. The van der Waals surface area contributed by atoms with Crippen LogP contribution in [0.15, 0.2) is 41.7 Å². The van der Waals surface area contributed by atoms with Crippen LogP contribution in [0.25, 0.3) is 5.69 Å². The molecule has 3 rings (SSSR count). The molecule has 1 fully saturated rings. The number of aromatic nitrogens is 3. The normalized spacial score (nSPS) is 16.2. The maximum absolute atomic E-state index is 10.4. The van der Waals surface area contributed by atoms with Crippen molar-refractivity contribution in [2.24, 2.45) is 4.99 Å². The van der Waals surface area contributed by atoms with E-state index in [9.17, 15) is 4.79 Å². The highest BCUT2D eigenvalue weighted by molar-refractivity contribution is 5.43. The zero-order chi connectivity index (χ0) is 11.7. The lowest BCUT2D eigenvalue weighted by Gasteiger charge is -2.08. The Labute approximate surface area is 97.8 Å². The second kappa shape index (κ2) is 3.64. The van der Waals surface area contributed by atoms with E-state index in [0.29, 0.717) is 0 Å². The molecular formula is C12H10N4O. The third-order valence-electron chi connectivity index (χ3n) is 3.04. The largest absolute Gasteiger partial charge is 0.235 e. The Morgan fingerprint density at radius 2 is 1.82 bits per heavy atom. The maximum atomic E-state index is 10.4. The summed E-state index contributed by atoms with van der Waals surface area (Å²) >= 11 is 0. The highest BCUT2D eigenvalue weighted by Crippen LogP contribution is 2.49. The van der Waals surface area contributed by atoms with Gasteiger partial charge in [-0.25, -0.2) is 4.79 Å². The summed E-state index contributed by atoms with van der Waals surface area (Å²) in [5.74, 6) is 0. The zero-order valence-corrected chi connectivity index (χ0v) is 9.08. The van der Waals surface area contributed by atoms with Crippen molar-refractivity contribution < 1.29 is 4.79 Å². The fourth-order valence-corrected chi connectivity index (χ4v) is 1.92. The second-order valence-electron chi connectivity index (χ2n) is 4.10. The van der Waals surface area contributed by atoms with Crippen LogP contribution in [0.4, 0.5) is 0 Å². The van der Waals surface area contributed by atoms with E-state index in [4.69, 9.17) is 0 Å². The maximum Gasteiger partial charge on any atom is 0.235 e. The third-order valence-corrected chi connectivity index (χ3v) is 3.04. The quantitative estimate of drug-likeness (QED) is 0.589. The van der Waals surface area contributed by atoms with Crippen molar-refractivity contribution in [2.45, 2.75) is 18.4 Å². The van der Waals surface area contributed by atoms with Crippen molar-refractivity contribution >= 4 is 6.08 Å². The number of hydrogen-bond acceptors (Lipinski definition) is 4. The molecule has 1 aromatic carbocycles. The van der Waals surface area contributed by atoms with E-state index < -0.39 is 0 Å². The number of isocyanates is 1. The summed E-state index contributed by atoms with van der Waals surface area (Å²) in [6.07, 6.45) is 6.76. The van der Waals surface area contributed by atoms with Crippen LogP contribution in [0.1, 0.15) is 18.4 Å². The highest BCUT2D eigenvalue weighted by atomic mass is 16.1. The third kappa shape index (κ3) is 1.66. The molecule has 0 radical (unpaired) electrons. The Bertz CT molecular complexity index is 563. The molecule has 0 atom stereocenters. The van der Waals surface area contributed by atoms with E-state index in [0.717, 1.165) is 24.1 Å². The van der Waals surface area contributed by atoms with Gasteiger partial charge < -0.3 is 0 Å². The van der Waals surface area contributed by atoms with Crippen LogP contribution >= 0.6 is 0 Å². The van der Waals surface area contributed by atoms with Gasteiger partial charge in [-0.1, -0.05) is 12.1 Å². The molecule has 2 aromatic rings. The van der Waals surface area contributed by atoms with Crippen molar-refractivity contribution in [3.63, 3.8) is 0 Å². The van der Waals surface area contributed by atoms with Crippen molar-refractivity contribution in [2.75, 3.05) is 0 Å². The van der Waals surface area contributed by atoms with Crippen LogP contribution in [0.3, 0.4) is 0 Å². The molecule has 1 aliphatic carbocycles. The first-order valence-electron chi connectivity index (χ1n) is 5.40. The molecule has 1 heterocycles. The number of benzene rings is 1. The van der Waals surface area contributed by atoms with Crippen LogP contribution < -0.4 is 0 Å². The molecule has 84 valence electrons. The number of rotatable bonds is 3. The van der Waals surface area contributed by atoms with Gasteiger partial charge >= 0.3 is 0 Å². The standard InChI is InChI=1S/C12H10N4O/c17-9-13-12(5-6-12)10-1-3-11(4-2-10)16-14-7-8-15-16/h1-4,7-8H,5-6H2. The van der Waals surface area contributed by atoms with Gasteiger partial charge in [0, 0.05) is 0 Å². The predicted octanol–water partition coefficient (Wildman–Crippen LogP) is 1.59. The Kier molecular flexibility index (Phi) is 2.13. The van der Waals surface area contributed by atoms with Crippen molar-refractivity contribution in [3.05, 3.63) is 42.2 Å². The zero-order valence-electron chi connectivity index (χ0n) is 9.08. The molecule has 0 unspecified atom stereocenters. The van der Waals surface area contributed by atoms with Gasteiger partial charge in [0.2, 0.25) is 6.08 Å². The van der Waals surface area contributed by atoms with E-state index in [2.05, 4.69) is 15.2 Å². The van der Waals surface area contributed by atoms with Gasteiger partial charge in [0.25, 0.3) is 0 Å². The molecule has 0 spiro atoms. The molecule has 0 saturated heterocycles. The fraction of sp³-hybridized carbons (Fsp3) is 0.250. The second-order valence-corrected chi connectivity index (χ2v) is 4.10. The highest BCUT2D eigenvalue weighted by Gasteiger charge is 2.44. The van der Waals surface area contributed by atoms with Crippen molar-refractivity contribution in [1.29, 1.82) is 0 Å². The van der Waals surface area contributed by atoms with E-state index in [1.807, 2.05) is 24.3 Å². The lowest BCUT2D eigenvalue weighted by atomic mass is 10.1. The van der Waals surface area contributed by atoms with Crippen LogP contribution in [0.5, 0.6) is 0 Å². The van der Waals surface area contributed by atoms with E-state index in [1.54, 1.807) is 23.3 Å². The van der Waals surface area contributed by atoms with Gasteiger partial charge in [-0.05, 0) is 30.5 Å². The summed E-state index contributed by atoms with van der Waals surface area (Å²) in [5, 5.41) is 8.10. The molecule has 5 nitrogen and oxygen atoms in total. The smallest absolute Gasteiger partial charge is 0.211 e. The van der Waals surface area contributed by atoms with E-state index in [1.165, 1.54) is 0 Å². The summed E-state index contributed by atoms with van der Waals surface area (Å²) in [7, 11) is 0. The first-order chi connectivity index (χ1) is 8.34. The van der Waals surface area contributed by atoms with Gasteiger partial charge in [-0.15, -0.1) is 0 Å². The fourth-order valence-electron chi connectivity index (χ4n) is 1.92. The van der Waals surface area contributed by atoms with Crippen molar-refractivity contribution in [1.82, 2.24) is 15.0 Å². The average Bonchev–Trinajstić information content (AvgIpc) is 2.94. The average molecular weight is 226 g/mol. The van der Waals surface area contributed by atoms with Crippen molar-refractivity contribution in [3.8, 4) is 5.69 Å². The molecule has 0 bridgehead atoms. The molecule has 0 N–H and O–H groups in total. The van der Waals surface area contributed by atoms with E-state index in [-0.39, 0.29) is 5.54 Å². The van der Waals surface area contributed by atoms with Crippen LogP contribution in [0.2, 0.25) is 0 Å². The molecule has 0 amide bonds. The molecule has 0 aliphatic heterocycles. The summed E-state index contributed by atoms with van der Waals surface area (Å²) in [6, 6.07) is 7.78. The summed E-state index contributed by atoms with van der Waals surface area (Å²) in [6.45, 7) is 0. The van der Waals surface area contributed by atoms with Gasteiger partial charge in [0.1, 0.15) is 0 Å². The van der Waals surface area contributed by atoms with Gasteiger partial charge in [-0.3, -0.25) is 0 Å². The Balaban J connectivity index is 1.93. The summed E-state index contributed by atoms with van der Waals surface area (Å²) in [4.78, 5) is 15.8. The summed E-state index contributed by atoms with van der Waals surface area (Å²) < 4.78 is 0. The predicted molar refractivity (Wildman–Crippen MR) is 60.4 cm³/mol. The Morgan fingerprint density at radius 1 is 1.18 bits per heavy atom. The first kappa shape index (κ1) is 9.93. The Morgan fingerprint density at radius 3 is 2.35 bits per heavy atom. The SMILES string of the molecule is O=C=NC1(c2ccc(-n3nccn3)cc2)CC1. The summed E-state index contributed by atoms with van der Waals surface area (Å²) in [5.41, 5.74) is 1.64. The Hall–Kier alpha value is -2.26. The topological polar surface area (TPSA) is 60.1 Å². The van der Waals surface area contributed by atoms with Crippen LogP contribution in [-0.2, 0) is 10.3 Å². The van der Waals surface area contributed by atoms with Crippen LogP contribution in [0, 0.1) is 0 Å². The minimum Gasteiger partial charge on any atom is -0.211 e. The van der Waals surface area contributed by atoms with Crippen LogP contribution in [-0.4, -0.2) is 21.1 Å². The number of aliphatic imine (C=N–C) groups is 1. The number of carbonyl (C=O) groups excluding carboxylic acids is 1. The lowest BCUT2D eigenvalue weighted by Crippen LogP contribution is -2.03. The lowest BCUT2D eigenvalue weighted by molar-refractivity contribution is 0.556. The monoisotopic (exact) mass is 226 g/mol. The van der Waals surface area contributed by atoms with E-state index >= 15 is 0 Å². The first-order valence-corrected chi connectivity index (χ1v) is 5.40.